The number of amides is 1. The van der Waals surface area contributed by atoms with Gasteiger partial charge in [0.1, 0.15) is 11.8 Å². The van der Waals surface area contributed by atoms with Crippen molar-refractivity contribution in [1.29, 1.82) is 0 Å². The molecule has 1 aliphatic rings. The number of carbonyl (C=O) groups excluding carboxylic acids is 1. The van der Waals surface area contributed by atoms with Crippen LogP contribution < -0.4 is 10.1 Å². The zero-order chi connectivity index (χ0) is 17.7. The minimum atomic E-state index is -0.935. The van der Waals surface area contributed by atoms with E-state index in [0.717, 1.165) is 12.8 Å². The molecule has 0 radical (unpaired) electrons. The predicted molar refractivity (Wildman–Crippen MR) is 92.4 cm³/mol. The van der Waals surface area contributed by atoms with E-state index < -0.39 is 22.8 Å². The Bertz CT molecular complexity index is 654. The molecule has 1 unspecified atom stereocenters. The molecule has 1 heterocycles. The fourth-order valence-corrected chi connectivity index (χ4v) is 2.73. The first-order chi connectivity index (χ1) is 11.4. The number of benzene rings is 1. The van der Waals surface area contributed by atoms with Crippen molar-refractivity contribution in [2.45, 2.75) is 25.3 Å². The zero-order valence-electron chi connectivity index (χ0n) is 13.6. The van der Waals surface area contributed by atoms with E-state index in [0.29, 0.717) is 18.7 Å². The number of anilines is 1. The van der Waals surface area contributed by atoms with Crippen LogP contribution in [0.1, 0.15) is 19.3 Å². The van der Waals surface area contributed by atoms with Crippen molar-refractivity contribution in [2.24, 2.45) is 0 Å². The molecule has 0 aliphatic carbocycles. The number of likely N-dealkylation sites (tertiary alicyclic amines) is 1. The molecule has 1 aliphatic heterocycles. The highest BCUT2D eigenvalue weighted by Crippen LogP contribution is 2.29. The highest BCUT2D eigenvalue weighted by molar-refractivity contribution is 5.94. The van der Waals surface area contributed by atoms with Crippen molar-refractivity contribution in [3.63, 3.8) is 0 Å². The molecule has 2 rings (SSSR count). The second-order valence-electron chi connectivity index (χ2n) is 5.51. The number of hydrogen-bond donors (Lipinski definition) is 2. The van der Waals surface area contributed by atoms with Crippen LogP contribution in [0.4, 0.5) is 11.4 Å². The maximum atomic E-state index is 12.2. The average Bonchev–Trinajstić information content (AvgIpc) is 2.55. The molecule has 138 valence electrons. The Balaban J connectivity index is 0.00000312. The third-order valence-electron chi connectivity index (χ3n) is 3.92. The van der Waals surface area contributed by atoms with Gasteiger partial charge < -0.3 is 15.2 Å². The Morgan fingerprint density at radius 2 is 2.16 bits per heavy atom. The molecule has 1 atom stereocenters. The summed E-state index contributed by atoms with van der Waals surface area (Å²) < 4.78 is 5.06. The molecule has 1 aromatic rings. The first-order valence-electron chi connectivity index (χ1n) is 7.51. The lowest BCUT2D eigenvalue weighted by Crippen LogP contribution is -2.47. The lowest BCUT2D eigenvalue weighted by Gasteiger charge is -2.32. The topological polar surface area (TPSA) is 122 Å². The van der Waals surface area contributed by atoms with E-state index in [9.17, 15) is 24.8 Å². The van der Waals surface area contributed by atoms with Crippen LogP contribution in [-0.4, -0.2) is 53.0 Å². The maximum Gasteiger partial charge on any atom is 0.320 e. The first-order valence-corrected chi connectivity index (χ1v) is 7.51. The van der Waals surface area contributed by atoms with Crippen LogP contribution >= 0.6 is 12.4 Å². The summed E-state index contributed by atoms with van der Waals surface area (Å²) >= 11 is 0. The zero-order valence-corrected chi connectivity index (χ0v) is 14.5. The molecule has 0 bridgehead atoms. The Labute approximate surface area is 150 Å². The molecule has 1 aromatic carbocycles. The summed E-state index contributed by atoms with van der Waals surface area (Å²) in [5.41, 5.74) is 0.156. The summed E-state index contributed by atoms with van der Waals surface area (Å²) in [5.74, 6) is -1.16. The molecular weight excluding hydrogens is 354 g/mol. The summed E-state index contributed by atoms with van der Waals surface area (Å²) in [6.07, 6.45) is 2.19. The fraction of sp³-hybridized carbons (Fsp3) is 0.467. The Kier molecular flexibility index (Phi) is 7.59. The number of rotatable bonds is 6. The molecule has 1 saturated heterocycles. The smallest absolute Gasteiger partial charge is 0.320 e. The van der Waals surface area contributed by atoms with Crippen molar-refractivity contribution in [2.75, 3.05) is 25.5 Å². The monoisotopic (exact) mass is 373 g/mol. The number of aliphatic carboxylic acids is 1. The van der Waals surface area contributed by atoms with E-state index in [-0.39, 0.29) is 30.4 Å². The van der Waals surface area contributed by atoms with Gasteiger partial charge in [0.2, 0.25) is 5.91 Å². The second-order valence-corrected chi connectivity index (χ2v) is 5.51. The van der Waals surface area contributed by atoms with Crippen molar-refractivity contribution < 1.29 is 24.4 Å². The second kappa shape index (κ2) is 9.19. The van der Waals surface area contributed by atoms with E-state index in [1.165, 1.54) is 25.3 Å². The minimum Gasteiger partial charge on any atom is -0.494 e. The van der Waals surface area contributed by atoms with Gasteiger partial charge in [-0.2, -0.15) is 0 Å². The number of nitrogens with zero attached hydrogens (tertiary/aromatic N) is 2. The molecule has 1 fully saturated rings. The number of methoxy groups -OCH3 is 1. The number of nitro benzene ring substituents is 1. The quantitative estimate of drug-likeness (QED) is 0.576. The van der Waals surface area contributed by atoms with Crippen molar-refractivity contribution >= 4 is 35.7 Å². The van der Waals surface area contributed by atoms with Gasteiger partial charge in [-0.05, 0) is 25.5 Å². The summed E-state index contributed by atoms with van der Waals surface area (Å²) in [6, 6.07) is 3.21. The predicted octanol–water partition coefficient (Wildman–Crippen LogP) is 1.90. The molecule has 2 N–H and O–H groups in total. The largest absolute Gasteiger partial charge is 0.494 e. The molecule has 10 heteroatoms. The fourth-order valence-electron chi connectivity index (χ4n) is 2.73. The third-order valence-corrected chi connectivity index (χ3v) is 3.92. The van der Waals surface area contributed by atoms with E-state index in [2.05, 4.69) is 5.32 Å². The van der Waals surface area contributed by atoms with Gasteiger partial charge in [0, 0.05) is 6.07 Å². The standard InChI is InChI=1S/C15H19N3O6.ClH/c1-24-13-8-10(18(22)23)5-6-11(13)16-14(19)9-17-7-3-2-4-12(17)15(20)21;/h5-6,8,12H,2-4,7,9H2,1H3,(H,16,19)(H,20,21);1H. The number of halogens is 1. The lowest BCUT2D eigenvalue weighted by molar-refractivity contribution is -0.384. The van der Waals surface area contributed by atoms with E-state index >= 15 is 0 Å². The molecule has 25 heavy (non-hydrogen) atoms. The van der Waals surface area contributed by atoms with Gasteiger partial charge in [-0.25, -0.2) is 0 Å². The summed E-state index contributed by atoms with van der Waals surface area (Å²) in [7, 11) is 1.35. The van der Waals surface area contributed by atoms with E-state index in [1.54, 1.807) is 4.90 Å². The number of carboxylic acids is 1. The van der Waals surface area contributed by atoms with Crippen LogP contribution in [0.25, 0.3) is 0 Å². The van der Waals surface area contributed by atoms with Crippen LogP contribution in [0.15, 0.2) is 18.2 Å². The molecule has 0 spiro atoms. The van der Waals surface area contributed by atoms with Gasteiger partial charge >= 0.3 is 5.97 Å². The number of carboxylic acid groups (broad SMARTS) is 1. The first kappa shape index (κ1) is 20.7. The van der Waals surface area contributed by atoms with Crippen LogP contribution in [0.5, 0.6) is 5.75 Å². The third kappa shape index (κ3) is 5.30. The van der Waals surface area contributed by atoms with Crippen LogP contribution in [0.2, 0.25) is 0 Å². The van der Waals surface area contributed by atoms with Gasteiger partial charge in [-0.1, -0.05) is 6.42 Å². The van der Waals surface area contributed by atoms with Gasteiger partial charge in [-0.3, -0.25) is 24.6 Å². The Morgan fingerprint density at radius 1 is 1.44 bits per heavy atom. The summed E-state index contributed by atoms with van der Waals surface area (Å²) in [5, 5.41) is 22.6. The minimum absolute atomic E-state index is 0. The summed E-state index contributed by atoms with van der Waals surface area (Å²) in [4.78, 5) is 35.3. The highest BCUT2D eigenvalue weighted by Gasteiger charge is 2.29. The Hall–Kier alpha value is -2.39. The molecular formula is C15H20ClN3O6. The van der Waals surface area contributed by atoms with Crippen LogP contribution in [0.3, 0.4) is 0 Å². The SMILES string of the molecule is COc1cc([N+](=O)[O-])ccc1NC(=O)CN1CCCCC1C(=O)O.Cl. The Morgan fingerprint density at radius 3 is 2.76 bits per heavy atom. The number of non-ortho nitro benzene ring substituents is 1. The number of nitrogens with one attached hydrogen (secondary N) is 1. The summed E-state index contributed by atoms with van der Waals surface area (Å²) in [6.45, 7) is 0.485. The van der Waals surface area contributed by atoms with Crippen molar-refractivity contribution in [1.82, 2.24) is 4.90 Å². The van der Waals surface area contributed by atoms with Crippen LogP contribution in [0, 0.1) is 10.1 Å². The number of piperidine rings is 1. The van der Waals surface area contributed by atoms with E-state index in [1.807, 2.05) is 0 Å². The number of hydrogen-bond acceptors (Lipinski definition) is 6. The molecule has 1 amide bonds. The maximum absolute atomic E-state index is 12.2. The van der Waals surface area contributed by atoms with Gasteiger partial charge in [0.05, 0.1) is 30.3 Å². The van der Waals surface area contributed by atoms with Gasteiger partial charge in [-0.15, -0.1) is 12.4 Å². The lowest BCUT2D eigenvalue weighted by atomic mass is 10.0. The number of carbonyl (C=O) groups is 2. The van der Waals surface area contributed by atoms with Gasteiger partial charge in [0.25, 0.3) is 5.69 Å². The highest BCUT2D eigenvalue weighted by atomic mass is 35.5. The number of nitro groups is 1. The average molecular weight is 374 g/mol. The van der Waals surface area contributed by atoms with Crippen LogP contribution in [-0.2, 0) is 9.59 Å². The normalized spacial score (nSPS) is 17.2. The molecule has 0 saturated carbocycles. The van der Waals surface area contributed by atoms with Crippen molar-refractivity contribution in [3.8, 4) is 5.75 Å². The molecule has 0 aromatic heterocycles. The number of ether oxygens (including phenoxy) is 1. The van der Waals surface area contributed by atoms with E-state index in [4.69, 9.17) is 4.74 Å². The molecule has 9 nitrogen and oxygen atoms in total. The van der Waals surface area contributed by atoms with Gasteiger partial charge in [0.15, 0.2) is 0 Å². The van der Waals surface area contributed by atoms with Crippen molar-refractivity contribution in [3.05, 3.63) is 28.3 Å².